The second-order valence-corrected chi connectivity index (χ2v) is 4.67. The molecule has 6 nitrogen and oxygen atoms in total. The third-order valence-corrected chi connectivity index (χ3v) is 2.85. The first-order chi connectivity index (χ1) is 10.7. The Morgan fingerprint density at radius 1 is 1.09 bits per heavy atom. The average Bonchev–Trinajstić information content (AvgIpc) is 2.49. The summed E-state index contributed by atoms with van der Waals surface area (Å²) in [4.78, 5) is 22.5. The predicted octanol–water partition coefficient (Wildman–Crippen LogP) is 2.23. The second kappa shape index (κ2) is 10.5. The molecule has 0 atom stereocenters. The maximum Gasteiger partial charge on any atom is 0.317 e. The normalized spacial score (nSPS) is 9.91. The summed E-state index contributed by atoms with van der Waals surface area (Å²) < 4.78 is 10.2. The van der Waals surface area contributed by atoms with Crippen molar-refractivity contribution < 1.29 is 19.1 Å². The van der Waals surface area contributed by atoms with Gasteiger partial charge in [-0.25, -0.2) is 4.79 Å². The van der Waals surface area contributed by atoms with Gasteiger partial charge in [-0.1, -0.05) is 25.5 Å². The zero-order valence-electron chi connectivity index (χ0n) is 13.2. The Kier molecular flexibility index (Phi) is 8.49. The van der Waals surface area contributed by atoms with Crippen LogP contribution in [0.5, 0.6) is 5.75 Å². The molecule has 0 fully saturated rings. The number of hydrogen-bond acceptors (Lipinski definition) is 4. The van der Waals surface area contributed by atoms with Gasteiger partial charge in [0.05, 0.1) is 13.0 Å². The predicted molar refractivity (Wildman–Crippen MR) is 83.7 cm³/mol. The molecule has 0 heterocycles. The van der Waals surface area contributed by atoms with Gasteiger partial charge in [0.2, 0.25) is 0 Å². The molecule has 2 amide bonds. The molecular weight excluding hydrogens is 284 g/mol. The van der Waals surface area contributed by atoms with E-state index in [1.807, 2.05) is 24.3 Å². The van der Waals surface area contributed by atoms with Gasteiger partial charge in [0.25, 0.3) is 0 Å². The number of urea groups is 1. The van der Waals surface area contributed by atoms with Crippen LogP contribution < -0.4 is 15.4 Å². The third kappa shape index (κ3) is 7.52. The number of carbonyl (C=O) groups excluding carboxylic acids is 2. The Labute approximate surface area is 131 Å². The second-order valence-electron chi connectivity index (χ2n) is 4.67. The van der Waals surface area contributed by atoms with Crippen LogP contribution in [-0.4, -0.2) is 31.9 Å². The van der Waals surface area contributed by atoms with Crippen molar-refractivity contribution in [3.8, 4) is 5.75 Å². The van der Waals surface area contributed by atoms with Crippen LogP contribution in [0.25, 0.3) is 0 Å². The lowest BCUT2D eigenvalue weighted by Crippen LogP contribution is -2.38. The van der Waals surface area contributed by atoms with E-state index in [0.717, 1.165) is 12.8 Å². The van der Waals surface area contributed by atoms with Gasteiger partial charge in [-0.05, 0) is 31.0 Å². The van der Waals surface area contributed by atoms with Crippen LogP contribution in [0.2, 0.25) is 0 Å². The minimum atomic E-state index is -0.382. The van der Waals surface area contributed by atoms with Crippen LogP contribution in [0.3, 0.4) is 0 Å². The molecule has 0 saturated carbocycles. The number of benzene rings is 1. The number of carbonyl (C=O) groups is 2. The van der Waals surface area contributed by atoms with Crippen molar-refractivity contribution in [2.75, 3.05) is 19.9 Å². The van der Waals surface area contributed by atoms with Gasteiger partial charge < -0.3 is 20.1 Å². The van der Waals surface area contributed by atoms with E-state index in [-0.39, 0.29) is 31.7 Å². The van der Waals surface area contributed by atoms with E-state index in [1.165, 1.54) is 5.56 Å². The summed E-state index contributed by atoms with van der Waals surface area (Å²) in [7, 11) is 0. The van der Waals surface area contributed by atoms with Gasteiger partial charge in [0.15, 0.2) is 6.73 Å². The van der Waals surface area contributed by atoms with Crippen LogP contribution >= 0.6 is 0 Å². The summed E-state index contributed by atoms with van der Waals surface area (Å²) in [6, 6.07) is 7.40. The van der Waals surface area contributed by atoms with Crippen molar-refractivity contribution >= 4 is 12.0 Å². The summed E-state index contributed by atoms with van der Waals surface area (Å²) in [5.41, 5.74) is 1.26. The molecule has 0 aliphatic carbocycles. The average molecular weight is 308 g/mol. The largest absolute Gasteiger partial charge is 0.473 e. The first-order valence-electron chi connectivity index (χ1n) is 7.54. The van der Waals surface area contributed by atoms with E-state index in [0.29, 0.717) is 12.4 Å². The molecule has 1 aromatic carbocycles. The van der Waals surface area contributed by atoms with E-state index in [9.17, 15) is 9.59 Å². The molecule has 6 heteroatoms. The van der Waals surface area contributed by atoms with Gasteiger partial charge in [0, 0.05) is 6.54 Å². The van der Waals surface area contributed by atoms with Gasteiger partial charge in [-0.15, -0.1) is 0 Å². The van der Waals surface area contributed by atoms with Gasteiger partial charge in [0.1, 0.15) is 5.75 Å². The number of amides is 2. The lowest BCUT2D eigenvalue weighted by molar-refractivity contribution is -0.142. The molecule has 0 saturated heterocycles. The molecular formula is C16H24N2O4. The van der Waals surface area contributed by atoms with Crippen molar-refractivity contribution in [2.45, 2.75) is 33.1 Å². The van der Waals surface area contributed by atoms with Gasteiger partial charge in [-0.2, -0.15) is 0 Å². The molecule has 0 radical (unpaired) electrons. The Bertz CT molecular complexity index is 460. The quantitative estimate of drug-likeness (QED) is 0.542. The summed E-state index contributed by atoms with van der Waals surface area (Å²) in [5.74, 6) is 0.373. The molecule has 0 aliphatic heterocycles. The maximum atomic E-state index is 11.5. The maximum absolute atomic E-state index is 11.5. The molecule has 1 rings (SSSR count). The molecule has 122 valence electrons. The Morgan fingerprint density at radius 2 is 1.82 bits per heavy atom. The molecule has 2 N–H and O–H groups in total. The van der Waals surface area contributed by atoms with Crippen LogP contribution in [0.15, 0.2) is 24.3 Å². The smallest absolute Gasteiger partial charge is 0.317 e. The third-order valence-electron chi connectivity index (χ3n) is 2.85. The number of ether oxygens (including phenoxy) is 2. The van der Waals surface area contributed by atoms with Crippen molar-refractivity contribution in [1.82, 2.24) is 10.6 Å². The van der Waals surface area contributed by atoms with E-state index in [4.69, 9.17) is 9.47 Å². The molecule has 0 unspecified atom stereocenters. The van der Waals surface area contributed by atoms with E-state index in [1.54, 1.807) is 6.92 Å². The summed E-state index contributed by atoms with van der Waals surface area (Å²) in [6.45, 7) is 4.52. The SMILES string of the molecule is CCCc1ccc(OCNC(=O)NCCC(=O)OCC)cc1. The van der Waals surface area contributed by atoms with Crippen molar-refractivity contribution in [2.24, 2.45) is 0 Å². The van der Waals surface area contributed by atoms with Gasteiger partial charge >= 0.3 is 12.0 Å². The topological polar surface area (TPSA) is 76.7 Å². The standard InChI is InChI=1S/C16H24N2O4/c1-3-5-13-6-8-14(9-7-13)22-12-18-16(20)17-11-10-15(19)21-4-2/h6-9H,3-5,10-12H2,1-2H3,(H2,17,18,20). The number of aryl methyl sites for hydroxylation is 1. The van der Waals surface area contributed by atoms with Crippen molar-refractivity contribution in [3.63, 3.8) is 0 Å². The highest BCUT2D eigenvalue weighted by molar-refractivity contribution is 5.75. The number of esters is 1. The van der Waals surface area contributed by atoms with E-state index >= 15 is 0 Å². The highest BCUT2D eigenvalue weighted by Gasteiger charge is 2.04. The summed E-state index contributed by atoms with van der Waals surface area (Å²) in [6.07, 6.45) is 2.30. The Hall–Kier alpha value is -2.24. The Morgan fingerprint density at radius 3 is 2.45 bits per heavy atom. The molecule has 22 heavy (non-hydrogen) atoms. The summed E-state index contributed by atoms with van der Waals surface area (Å²) >= 11 is 0. The number of rotatable bonds is 9. The zero-order valence-corrected chi connectivity index (χ0v) is 13.2. The van der Waals surface area contributed by atoms with Crippen LogP contribution in [-0.2, 0) is 16.0 Å². The lowest BCUT2D eigenvalue weighted by Gasteiger charge is -2.09. The van der Waals surface area contributed by atoms with E-state index in [2.05, 4.69) is 17.6 Å². The first-order valence-corrected chi connectivity index (χ1v) is 7.54. The van der Waals surface area contributed by atoms with Crippen LogP contribution in [0.4, 0.5) is 4.79 Å². The number of hydrogen-bond donors (Lipinski definition) is 2. The van der Waals surface area contributed by atoms with Crippen molar-refractivity contribution in [1.29, 1.82) is 0 Å². The Balaban J connectivity index is 2.15. The molecule has 0 bridgehead atoms. The summed E-state index contributed by atoms with van der Waals surface area (Å²) in [5, 5.41) is 5.11. The van der Waals surface area contributed by atoms with Crippen LogP contribution in [0.1, 0.15) is 32.3 Å². The fourth-order valence-corrected chi connectivity index (χ4v) is 1.80. The highest BCUT2D eigenvalue weighted by Crippen LogP contribution is 2.12. The fourth-order valence-electron chi connectivity index (χ4n) is 1.80. The minimum absolute atomic E-state index is 0.0678. The highest BCUT2D eigenvalue weighted by atomic mass is 16.5. The molecule has 0 aromatic heterocycles. The first kappa shape index (κ1) is 17.8. The zero-order chi connectivity index (χ0) is 16.2. The fraction of sp³-hybridized carbons (Fsp3) is 0.500. The van der Waals surface area contributed by atoms with E-state index < -0.39 is 0 Å². The molecule has 1 aromatic rings. The van der Waals surface area contributed by atoms with Crippen LogP contribution in [0, 0.1) is 0 Å². The monoisotopic (exact) mass is 308 g/mol. The van der Waals surface area contributed by atoms with Crippen molar-refractivity contribution in [3.05, 3.63) is 29.8 Å². The lowest BCUT2D eigenvalue weighted by atomic mass is 10.1. The molecule has 0 spiro atoms. The van der Waals surface area contributed by atoms with Gasteiger partial charge in [-0.3, -0.25) is 4.79 Å². The number of nitrogens with one attached hydrogen (secondary N) is 2. The molecule has 0 aliphatic rings. The minimum Gasteiger partial charge on any atom is -0.473 e.